The van der Waals surface area contributed by atoms with Gasteiger partial charge in [0.2, 0.25) is 0 Å². The summed E-state index contributed by atoms with van der Waals surface area (Å²) < 4.78 is 11.0. The molecule has 0 fully saturated rings. The van der Waals surface area contributed by atoms with Crippen molar-refractivity contribution < 1.29 is 13.9 Å². The van der Waals surface area contributed by atoms with E-state index in [9.17, 15) is 4.79 Å². The van der Waals surface area contributed by atoms with Gasteiger partial charge in [0.15, 0.2) is 0 Å². The van der Waals surface area contributed by atoms with Crippen molar-refractivity contribution >= 4 is 28.3 Å². The van der Waals surface area contributed by atoms with Gasteiger partial charge in [0.05, 0.1) is 18.4 Å². The van der Waals surface area contributed by atoms with Gasteiger partial charge >= 0.3 is 5.97 Å². The van der Waals surface area contributed by atoms with Gasteiger partial charge in [-0.05, 0) is 30.0 Å². The molecule has 0 amide bonds. The summed E-state index contributed by atoms with van der Waals surface area (Å²) >= 11 is 1.56. The Balaban J connectivity index is 1.37. The molecule has 4 aromatic rings. The van der Waals surface area contributed by atoms with Gasteiger partial charge in [0.25, 0.3) is 0 Å². The van der Waals surface area contributed by atoms with Crippen LogP contribution in [-0.2, 0) is 22.6 Å². The first-order valence-electron chi connectivity index (χ1n) is 9.66. The van der Waals surface area contributed by atoms with E-state index in [1.165, 1.54) is 5.56 Å². The average molecular weight is 406 g/mol. The molecule has 4 nitrogen and oxygen atoms in total. The van der Waals surface area contributed by atoms with E-state index in [2.05, 4.69) is 43.1 Å². The Morgan fingerprint density at radius 3 is 2.72 bits per heavy atom. The molecule has 0 unspecified atom stereocenters. The van der Waals surface area contributed by atoms with Crippen LogP contribution in [0.4, 0.5) is 0 Å². The second kappa shape index (κ2) is 8.21. The number of esters is 1. The van der Waals surface area contributed by atoms with Crippen molar-refractivity contribution in [1.82, 2.24) is 4.98 Å². The van der Waals surface area contributed by atoms with Crippen LogP contribution in [-0.4, -0.2) is 11.0 Å². The number of benzene rings is 2. The van der Waals surface area contributed by atoms with Crippen molar-refractivity contribution in [1.29, 1.82) is 0 Å². The summed E-state index contributed by atoms with van der Waals surface area (Å²) in [5, 5.41) is 3.82. The van der Waals surface area contributed by atoms with E-state index in [1.54, 1.807) is 17.6 Å². The molecule has 0 aliphatic heterocycles. The second-order valence-corrected chi connectivity index (χ2v) is 8.38. The third-order valence-electron chi connectivity index (χ3n) is 4.90. The van der Waals surface area contributed by atoms with Crippen LogP contribution in [0.3, 0.4) is 0 Å². The van der Waals surface area contributed by atoms with Crippen LogP contribution in [0.1, 0.15) is 42.1 Å². The zero-order valence-corrected chi connectivity index (χ0v) is 17.6. The van der Waals surface area contributed by atoms with E-state index in [0.717, 1.165) is 38.4 Å². The number of aryl methyl sites for hydroxylation is 1. The highest BCUT2D eigenvalue weighted by molar-refractivity contribution is 7.13. The van der Waals surface area contributed by atoms with Gasteiger partial charge in [0.1, 0.15) is 17.2 Å². The van der Waals surface area contributed by atoms with Gasteiger partial charge in [-0.3, -0.25) is 4.79 Å². The quantitative estimate of drug-likeness (QED) is 0.355. The molecule has 4 rings (SSSR count). The van der Waals surface area contributed by atoms with Gasteiger partial charge in [-0.25, -0.2) is 4.98 Å². The molecule has 0 bridgehead atoms. The van der Waals surface area contributed by atoms with E-state index in [1.807, 2.05) is 30.5 Å². The summed E-state index contributed by atoms with van der Waals surface area (Å²) in [5.74, 6) is 0.218. The Morgan fingerprint density at radius 2 is 1.97 bits per heavy atom. The molecule has 0 aliphatic carbocycles. The number of hydrogen-bond acceptors (Lipinski definition) is 5. The minimum Gasteiger partial charge on any atom is -0.464 e. The molecule has 0 radical (unpaired) electrons. The third kappa shape index (κ3) is 4.40. The van der Waals surface area contributed by atoms with Crippen molar-refractivity contribution in [2.24, 2.45) is 0 Å². The number of nitrogens with zero attached hydrogens (tertiary/aromatic N) is 1. The molecule has 148 valence electrons. The van der Waals surface area contributed by atoms with Crippen LogP contribution in [0.5, 0.6) is 0 Å². The summed E-state index contributed by atoms with van der Waals surface area (Å²) in [5.41, 5.74) is 5.91. The molecule has 2 heterocycles. The van der Waals surface area contributed by atoms with Crippen molar-refractivity contribution in [2.75, 3.05) is 0 Å². The van der Waals surface area contributed by atoms with Crippen LogP contribution < -0.4 is 0 Å². The highest BCUT2D eigenvalue weighted by atomic mass is 32.1. The first kappa shape index (κ1) is 19.4. The first-order valence-corrected chi connectivity index (χ1v) is 10.5. The fourth-order valence-corrected chi connectivity index (χ4v) is 4.02. The van der Waals surface area contributed by atoms with E-state index in [-0.39, 0.29) is 19.0 Å². The molecule has 0 N–H and O–H groups in total. The third-order valence-corrected chi connectivity index (χ3v) is 5.84. The van der Waals surface area contributed by atoms with E-state index in [0.29, 0.717) is 5.92 Å². The maximum atomic E-state index is 12.3. The number of fused-ring (bicyclic) bond motifs is 1. The molecule has 0 aliphatic rings. The number of carbonyl (C=O) groups excluding carboxylic acids is 1. The van der Waals surface area contributed by atoms with Crippen molar-refractivity contribution in [3.63, 3.8) is 0 Å². The van der Waals surface area contributed by atoms with Crippen molar-refractivity contribution in [3.05, 3.63) is 76.5 Å². The zero-order valence-electron chi connectivity index (χ0n) is 16.8. The van der Waals surface area contributed by atoms with Crippen LogP contribution in [0, 0.1) is 6.92 Å². The molecule has 0 spiro atoms. The van der Waals surface area contributed by atoms with Crippen LogP contribution in [0.2, 0.25) is 0 Å². The predicted octanol–water partition coefficient (Wildman–Crippen LogP) is 6.27. The topological polar surface area (TPSA) is 52.3 Å². The lowest BCUT2D eigenvalue weighted by atomic mass is 10.0. The van der Waals surface area contributed by atoms with Gasteiger partial charge in [-0.2, -0.15) is 0 Å². The fourth-order valence-electron chi connectivity index (χ4n) is 3.20. The van der Waals surface area contributed by atoms with Gasteiger partial charge < -0.3 is 9.15 Å². The Morgan fingerprint density at radius 1 is 1.17 bits per heavy atom. The number of carbonyl (C=O) groups is 1. The summed E-state index contributed by atoms with van der Waals surface area (Å²) in [6.45, 7) is 6.54. The number of hydrogen-bond donors (Lipinski definition) is 0. The molecule has 0 saturated carbocycles. The van der Waals surface area contributed by atoms with Crippen LogP contribution in [0.25, 0.3) is 21.5 Å². The summed E-state index contributed by atoms with van der Waals surface area (Å²) in [4.78, 5) is 16.9. The van der Waals surface area contributed by atoms with Gasteiger partial charge in [-0.1, -0.05) is 50.2 Å². The number of furan rings is 1. The number of thiazole rings is 1. The Bertz CT molecular complexity index is 1140. The summed E-state index contributed by atoms with van der Waals surface area (Å²) in [6, 6.07) is 14.4. The number of aromatic nitrogens is 1. The molecule has 5 heteroatoms. The fraction of sp³-hybridized carbons (Fsp3) is 0.250. The lowest BCUT2D eigenvalue weighted by Crippen LogP contribution is -2.07. The molecule has 2 aromatic heterocycles. The number of rotatable bonds is 6. The molecule has 2 aromatic carbocycles. The SMILES string of the molecule is Cc1ccc2c(CC(=O)OCc3csc(-c4ccc(C(C)C)cc4)n3)coc2c1. The maximum absolute atomic E-state index is 12.3. The molecular weight excluding hydrogens is 382 g/mol. The molecule has 0 saturated heterocycles. The van der Waals surface area contributed by atoms with Crippen LogP contribution >= 0.6 is 11.3 Å². The molecular formula is C24H23NO3S. The Kier molecular flexibility index (Phi) is 5.49. The van der Waals surface area contributed by atoms with E-state index in [4.69, 9.17) is 9.15 Å². The lowest BCUT2D eigenvalue weighted by molar-refractivity contribution is -0.144. The smallest absolute Gasteiger partial charge is 0.310 e. The largest absolute Gasteiger partial charge is 0.464 e. The average Bonchev–Trinajstić information content (AvgIpc) is 3.33. The van der Waals surface area contributed by atoms with E-state index >= 15 is 0 Å². The van der Waals surface area contributed by atoms with Crippen molar-refractivity contribution in [3.8, 4) is 10.6 Å². The first-order chi connectivity index (χ1) is 14.0. The monoisotopic (exact) mass is 405 g/mol. The Labute approximate surface area is 174 Å². The normalized spacial score (nSPS) is 11.3. The van der Waals surface area contributed by atoms with E-state index < -0.39 is 0 Å². The van der Waals surface area contributed by atoms with Gasteiger partial charge in [-0.15, -0.1) is 11.3 Å². The second-order valence-electron chi connectivity index (χ2n) is 7.52. The van der Waals surface area contributed by atoms with Gasteiger partial charge in [0, 0.05) is 21.9 Å². The lowest BCUT2D eigenvalue weighted by Gasteiger charge is -2.05. The summed E-state index contributed by atoms with van der Waals surface area (Å²) in [7, 11) is 0. The maximum Gasteiger partial charge on any atom is 0.310 e. The highest BCUT2D eigenvalue weighted by Crippen LogP contribution is 2.26. The van der Waals surface area contributed by atoms with Crippen molar-refractivity contribution in [2.45, 2.75) is 39.7 Å². The minimum atomic E-state index is -0.288. The number of ether oxygens (including phenoxy) is 1. The highest BCUT2D eigenvalue weighted by Gasteiger charge is 2.13. The predicted molar refractivity (Wildman–Crippen MR) is 116 cm³/mol. The zero-order chi connectivity index (χ0) is 20.4. The van der Waals surface area contributed by atoms with Crippen LogP contribution in [0.15, 0.2) is 58.5 Å². The molecule has 0 atom stereocenters. The summed E-state index contributed by atoms with van der Waals surface area (Å²) in [6.07, 6.45) is 1.82. The Hall–Kier alpha value is -2.92. The molecule has 29 heavy (non-hydrogen) atoms. The standard InChI is InChI=1S/C24H23NO3S/c1-15(2)17-5-7-18(8-6-17)24-25-20(14-29-24)13-28-23(26)11-19-12-27-22-10-16(3)4-9-21(19)22/h4-10,12,14-15H,11,13H2,1-3H3. The minimum absolute atomic E-state index is 0.175.